The van der Waals surface area contributed by atoms with Crippen molar-refractivity contribution < 1.29 is 33.3 Å². The Kier molecular flexibility index (Phi) is 6.40. The van der Waals surface area contributed by atoms with Crippen LogP contribution in [0.25, 0.3) is 22.5 Å². The molecular weight excluding hydrogens is 517 g/mol. The molecule has 1 heterocycles. The van der Waals surface area contributed by atoms with Gasteiger partial charge in [0, 0.05) is 23.4 Å². The zero-order chi connectivity index (χ0) is 27.7. The molecule has 0 fully saturated rings. The van der Waals surface area contributed by atoms with Gasteiger partial charge in [-0.2, -0.15) is 18.4 Å². The lowest BCUT2D eigenvalue weighted by molar-refractivity contribution is -0.137. The number of H-pyrrole nitrogens is 1. The maximum Gasteiger partial charge on any atom is 0.416 e. The fourth-order valence-electron chi connectivity index (χ4n) is 3.85. The molecule has 1 aromatic heterocycles. The molecule has 5 rings (SSSR count). The van der Waals surface area contributed by atoms with E-state index in [1.807, 2.05) is 0 Å². The number of aliphatic hydroxyl groups excluding tert-OH is 3. The van der Waals surface area contributed by atoms with E-state index in [0.29, 0.717) is 33.5 Å². The molecule has 1 aliphatic carbocycles. The summed E-state index contributed by atoms with van der Waals surface area (Å²) in [6.07, 6.45) is -4.43. The van der Waals surface area contributed by atoms with Crippen molar-refractivity contribution in [2.45, 2.75) is 12.7 Å². The average molecular weight is 536 g/mol. The Labute approximate surface area is 218 Å². The summed E-state index contributed by atoms with van der Waals surface area (Å²) in [6, 6.07) is 16.3. The lowest BCUT2D eigenvalue weighted by Gasteiger charge is -2.21. The van der Waals surface area contributed by atoms with Crippen LogP contribution in [0.5, 0.6) is 0 Å². The van der Waals surface area contributed by atoms with Gasteiger partial charge in [-0.15, -0.1) is 10.2 Å². The Morgan fingerprint density at radius 3 is 2.15 bits per heavy atom. The van der Waals surface area contributed by atoms with Crippen LogP contribution in [0, 0.1) is 0 Å². The molecule has 13 heteroatoms. The highest BCUT2D eigenvalue weighted by atomic mass is 19.4. The SMILES string of the molecule is O=C(NCc1ccc(C(F)(F)F)cc1)c1ccc(-c2cc(NC3=C(O)C(O)=C3O)cc(-c3nn[nH]n3)c2)cc1. The number of nitrogens with one attached hydrogen (secondary N) is 3. The zero-order valence-corrected chi connectivity index (χ0v) is 19.8. The Morgan fingerprint density at radius 1 is 0.846 bits per heavy atom. The van der Waals surface area contributed by atoms with Gasteiger partial charge in [0.1, 0.15) is 5.70 Å². The molecule has 0 atom stereocenters. The van der Waals surface area contributed by atoms with Gasteiger partial charge < -0.3 is 26.0 Å². The zero-order valence-electron chi connectivity index (χ0n) is 19.8. The van der Waals surface area contributed by atoms with Crippen molar-refractivity contribution in [2.24, 2.45) is 0 Å². The van der Waals surface area contributed by atoms with Gasteiger partial charge in [-0.05, 0) is 64.4 Å². The Balaban J connectivity index is 1.33. The summed E-state index contributed by atoms with van der Waals surface area (Å²) in [4.78, 5) is 12.6. The standard InChI is InChI=1S/C26H19F3N6O4/c27-26(28,29)18-7-1-13(2-8-18)12-30-25(39)15-5-3-14(4-6-15)16-9-17(24-32-34-35-33-24)11-19(10-16)31-20-21(36)23(38)22(20)37/h1-11,31,36-38H,12H2,(H,30,39)(H,32,33,34,35). The number of alkyl halides is 3. The molecule has 3 aromatic carbocycles. The molecule has 1 amide bonds. The number of rotatable bonds is 7. The molecule has 39 heavy (non-hydrogen) atoms. The quantitative estimate of drug-likeness (QED) is 0.193. The van der Waals surface area contributed by atoms with Gasteiger partial charge >= 0.3 is 6.18 Å². The van der Waals surface area contributed by atoms with Crippen LogP contribution in [0.2, 0.25) is 0 Å². The van der Waals surface area contributed by atoms with Gasteiger partial charge in [-0.25, -0.2) is 0 Å². The number of carbonyl (C=O) groups is 1. The number of anilines is 1. The third-order valence-electron chi connectivity index (χ3n) is 5.94. The number of aromatic amines is 1. The second-order valence-corrected chi connectivity index (χ2v) is 8.53. The van der Waals surface area contributed by atoms with Crippen molar-refractivity contribution >= 4 is 11.6 Å². The molecule has 0 saturated heterocycles. The number of hydrogen-bond donors (Lipinski definition) is 6. The molecular formula is C26H19F3N6O4. The molecule has 4 aromatic rings. The van der Waals surface area contributed by atoms with E-state index in [1.165, 1.54) is 12.1 Å². The van der Waals surface area contributed by atoms with Crippen LogP contribution in [0.1, 0.15) is 21.5 Å². The van der Waals surface area contributed by atoms with Crippen molar-refractivity contribution in [3.05, 3.63) is 106 Å². The predicted molar refractivity (Wildman–Crippen MR) is 133 cm³/mol. The van der Waals surface area contributed by atoms with Crippen LogP contribution in [-0.4, -0.2) is 41.9 Å². The number of tetrazole rings is 1. The lowest BCUT2D eigenvalue weighted by Crippen LogP contribution is -2.22. The van der Waals surface area contributed by atoms with Crippen molar-refractivity contribution in [3.63, 3.8) is 0 Å². The van der Waals surface area contributed by atoms with Crippen LogP contribution < -0.4 is 10.6 Å². The van der Waals surface area contributed by atoms with Crippen LogP contribution in [0.3, 0.4) is 0 Å². The third kappa shape index (κ3) is 5.23. The monoisotopic (exact) mass is 536 g/mol. The maximum atomic E-state index is 12.7. The summed E-state index contributed by atoms with van der Waals surface area (Å²) in [5.74, 6) is -1.69. The minimum Gasteiger partial charge on any atom is -0.503 e. The summed E-state index contributed by atoms with van der Waals surface area (Å²) in [5.41, 5.74) is 2.41. The van der Waals surface area contributed by atoms with Gasteiger partial charge in [0.15, 0.2) is 11.5 Å². The molecule has 0 saturated carbocycles. The first-order valence-electron chi connectivity index (χ1n) is 11.4. The molecule has 0 unspecified atom stereocenters. The summed E-state index contributed by atoms with van der Waals surface area (Å²) in [6.45, 7) is 0.0556. The number of carbonyl (C=O) groups excluding carboxylic acids is 1. The number of aromatic nitrogens is 4. The fourth-order valence-corrected chi connectivity index (χ4v) is 3.85. The molecule has 0 aliphatic heterocycles. The Morgan fingerprint density at radius 2 is 1.54 bits per heavy atom. The van der Waals surface area contributed by atoms with Crippen LogP contribution in [-0.2, 0) is 12.7 Å². The van der Waals surface area contributed by atoms with Crippen molar-refractivity contribution in [1.29, 1.82) is 0 Å². The van der Waals surface area contributed by atoms with E-state index >= 15 is 0 Å². The first-order chi connectivity index (χ1) is 18.6. The number of benzene rings is 3. The highest BCUT2D eigenvalue weighted by Gasteiger charge is 2.30. The third-order valence-corrected chi connectivity index (χ3v) is 5.94. The lowest BCUT2D eigenvalue weighted by atomic mass is 9.99. The second-order valence-electron chi connectivity index (χ2n) is 8.53. The fraction of sp³-hybridized carbons (Fsp3) is 0.0769. The Bertz CT molecular complexity index is 1600. The van der Waals surface area contributed by atoms with Crippen LogP contribution >= 0.6 is 0 Å². The summed E-state index contributed by atoms with van der Waals surface area (Å²) >= 11 is 0. The van der Waals surface area contributed by atoms with Gasteiger partial charge in [0.2, 0.25) is 11.6 Å². The Hall–Kier alpha value is -5.33. The van der Waals surface area contributed by atoms with Crippen molar-refractivity contribution in [1.82, 2.24) is 25.9 Å². The summed E-state index contributed by atoms with van der Waals surface area (Å²) < 4.78 is 38.2. The second kappa shape index (κ2) is 9.85. The highest BCUT2D eigenvalue weighted by molar-refractivity contribution is 5.94. The van der Waals surface area contributed by atoms with E-state index in [9.17, 15) is 33.3 Å². The van der Waals surface area contributed by atoms with Crippen molar-refractivity contribution in [2.75, 3.05) is 5.32 Å². The predicted octanol–water partition coefficient (Wildman–Crippen LogP) is 5.01. The van der Waals surface area contributed by atoms with E-state index < -0.39 is 34.9 Å². The van der Waals surface area contributed by atoms with Gasteiger partial charge in [0.25, 0.3) is 5.91 Å². The molecule has 198 valence electrons. The van der Waals surface area contributed by atoms with Gasteiger partial charge in [-0.1, -0.05) is 24.3 Å². The van der Waals surface area contributed by atoms with Crippen LogP contribution in [0.15, 0.2) is 89.7 Å². The smallest absolute Gasteiger partial charge is 0.416 e. The normalized spacial score (nSPS) is 13.3. The van der Waals surface area contributed by atoms with E-state index in [4.69, 9.17) is 0 Å². The molecule has 0 bridgehead atoms. The minimum absolute atomic E-state index is 0.0521. The van der Waals surface area contributed by atoms with Gasteiger partial charge in [-0.3, -0.25) is 4.79 Å². The molecule has 6 N–H and O–H groups in total. The van der Waals surface area contributed by atoms with Crippen LogP contribution in [0.4, 0.5) is 18.9 Å². The van der Waals surface area contributed by atoms with E-state index in [0.717, 1.165) is 12.1 Å². The minimum atomic E-state index is -4.43. The molecule has 1 aliphatic rings. The summed E-state index contributed by atoms with van der Waals surface area (Å²) in [7, 11) is 0. The number of nitrogens with zero attached hydrogens (tertiary/aromatic N) is 3. The number of halogens is 3. The maximum absolute atomic E-state index is 12.7. The largest absolute Gasteiger partial charge is 0.503 e. The topological polar surface area (TPSA) is 156 Å². The highest BCUT2D eigenvalue weighted by Crippen LogP contribution is 2.34. The number of aliphatic hydroxyl groups is 3. The molecule has 0 radical (unpaired) electrons. The number of amides is 1. The average Bonchev–Trinajstić information content (AvgIpc) is 3.49. The number of hydrogen-bond acceptors (Lipinski definition) is 8. The van der Waals surface area contributed by atoms with E-state index in [1.54, 1.807) is 42.5 Å². The summed E-state index contributed by atoms with van der Waals surface area (Å²) in [5, 5.41) is 48.5. The van der Waals surface area contributed by atoms with Gasteiger partial charge in [0.05, 0.1) is 5.56 Å². The first kappa shape index (κ1) is 25.3. The molecule has 0 spiro atoms. The van der Waals surface area contributed by atoms with Crippen molar-refractivity contribution in [3.8, 4) is 22.5 Å². The molecule has 10 nitrogen and oxygen atoms in total. The van der Waals surface area contributed by atoms with E-state index in [-0.39, 0.29) is 18.1 Å². The first-order valence-corrected chi connectivity index (χ1v) is 11.4. The van der Waals surface area contributed by atoms with E-state index in [2.05, 4.69) is 31.3 Å².